The lowest BCUT2D eigenvalue weighted by Crippen LogP contribution is -2.28. The van der Waals surface area contributed by atoms with Gasteiger partial charge in [0.1, 0.15) is 0 Å². The molecule has 0 unspecified atom stereocenters. The van der Waals surface area contributed by atoms with Crippen LogP contribution in [0.5, 0.6) is 0 Å². The molecule has 5 nitrogen and oxygen atoms in total. The molecule has 0 aliphatic heterocycles. The highest BCUT2D eigenvalue weighted by atomic mass is 35.5. The number of carbonyl (C=O) groups is 2. The molecule has 3 aromatic carbocycles. The van der Waals surface area contributed by atoms with E-state index in [4.69, 9.17) is 16.7 Å². The molecule has 0 spiro atoms. The number of rotatable bonds is 6. The highest BCUT2D eigenvalue weighted by molar-refractivity contribution is 6.33. The standard InChI is InChI=1S/C23H16ClF5N2O3/c24-19-11-15(9-10-17(19)16-3-1-2-4-18(16)23(27,28)29)31-21(34)30-12-13-5-7-14(8-6-13)22(25,26)20(32)33/h1-11H,12H2,(H,32,33)(H2,30,31,34). The van der Waals surface area contributed by atoms with Crippen LogP contribution in [0.25, 0.3) is 11.1 Å². The van der Waals surface area contributed by atoms with Crippen LogP contribution in [0, 0.1) is 0 Å². The van der Waals surface area contributed by atoms with Crippen LogP contribution in [0.1, 0.15) is 16.7 Å². The topological polar surface area (TPSA) is 78.4 Å². The summed E-state index contributed by atoms with van der Waals surface area (Å²) in [5.74, 6) is -6.31. The maximum absolute atomic E-state index is 13.5. The van der Waals surface area contributed by atoms with Gasteiger partial charge in [0.05, 0.1) is 10.6 Å². The third-order valence-corrected chi connectivity index (χ3v) is 5.10. The Hall–Kier alpha value is -3.66. The molecule has 0 aliphatic rings. The molecule has 3 rings (SSSR count). The zero-order valence-corrected chi connectivity index (χ0v) is 17.8. The second-order valence-corrected chi connectivity index (χ2v) is 7.53. The van der Waals surface area contributed by atoms with Crippen molar-refractivity contribution in [2.45, 2.75) is 18.6 Å². The first kappa shape index (κ1) is 25.0. The Labute approximate surface area is 195 Å². The normalized spacial score (nSPS) is 11.7. The largest absolute Gasteiger partial charge is 0.477 e. The highest BCUT2D eigenvalue weighted by Crippen LogP contribution is 2.40. The third-order valence-electron chi connectivity index (χ3n) is 4.79. The van der Waals surface area contributed by atoms with Gasteiger partial charge in [0, 0.05) is 23.4 Å². The average molecular weight is 499 g/mol. The van der Waals surface area contributed by atoms with Gasteiger partial charge >= 0.3 is 24.1 Å². The van der Waals surface area contributed by atoms with E-state index in [0.29, 0.717) is 5.56 Å². The zero-order valence-electron chi connectivity index (χ0n) is 17.1. The fraction of sp³-hybridized carbons (Fsp3) is 0.130. The Balaban J connectivity index is 1.66. The van der Waals surface area contributed by atoms with Crippen molar-refractivity contribution in [1.29, 1.82) is 0 Å². The number of carboxylic acids is 1. The van der Waals surface area contributed by atoms with Gasteiger partial charge in [0.2, 0.25) is 0 Å². The van der Waals surface area contributed by atoms with Crippen LogP contribution in [0.15, 0.2) is 66.7 Å². The second-order valence-electron chi connectivity index (χ2n) is 7.12. The van der Waals surface area contributed by atoms with Crippen molar-refractivity contribution in [3.05, 3.63) is 88.4 Å². The first-order valence-corrected chi connectivity index (χ1v) is 9.99. The van der Waals surface area contributed by atoms with E-state index >= 15 is 0 Å². The maximum atomic E-state index is 13.5. The lowest BCUT2D eigenvalue weighted by atomic mass is 9.99. The number of nitrogens with one attached hydrogen (secondary N) is 2. The third kappa shape index (κ3) is 5.63. The van der Waals surface area contributed by atoms with Crippen molar-refractivity contribution in [2.24, 2.45) is 0 Å². The van der Waals surface area contributed by atoms with Crippen molar-refractivity contribution >= 4 is 29.3 Å². The van der Waals surface area contributed by atoms with E-state index in [2.05, 4.69) is 10.6 Å². The van der Waals surface area contributed by atoms with E-state index in [1.807, 2.05) is 0 Å². The predicted molar refractivity (Wildman–Crippen MR) is 116 cm³/mol. The molecule has 0 atom stereocenters. The molecule has 0 heterocycles. The quantitative estimate of drug-likeness (QED) is 0.338. The lowest BCUT2D eigenvalue weighted by Gasteiger charge is -2.15. The number of anilines is 1. The number of aliphatic carboxylic acids is 1. The predicted octanol–water partition coefficient (Wildman–Crippen LogP) is 6.52. The van der Waals surface area contributed by atoms with E-state index in [9.17, 15) is 31.5 Å². The molecule has 11 heteroatoms. The van der Waals surface area contributed by atoms with E-state index in [0.717, 1.165) is 18.2 Å². The van der Waals surface area contributed by atoms with E-state index in [-0.39, 0.29) is 28.4 Å². The number of urea groups is 1. The van der Waals surface area contributed by atoms with Gasteiger partial charge in [-0.1, -0.05) is 60.1 Å². The molecule has 3 aromatic rings. The van der Waals surface area contributed by atoms with Gasteiger partial charge in [-0.05, 0) is 29.3 Å². The van der Waals surface area contributed by atoms with Gasteiger partial charge in [-0.15, -0.1) is 0 Å². The maximum Gasteiger partial charge on any atom is 0.417 e. The summed E-state index contributed by atoms with van der Waals surface area (Å²) in [6.45, 7) is -0.0600. The van der Waals surface area contributed by atoms with E-state index in [1.54, 1.807) is 0 Å². The fourth-order valence-electron chi connectivity index (χ4n) is 3.09. The van der Waals surface area contributed by atoms with Crippen LogP contribution in [0.3, 0.4) is 0 Å². The molecular formula is C23H16ClF5N2O3. The second kappa shape index (κ2) is 9.68. The van der Waals surface area contributed by atoms with Crippen LogP contribution < -0.4 is 10.6 Å². The SMILES string of the molecule is O=C(NCc1ccc(C(F)(F)C(=O)O)cc1)Nc1ccc(-c2ccccc2C(F)(F)F)c(Cl)c1. The van der Waals surface area contributed by atoms with Crippen molar-refractivity contribution in [3.8, 4) is 11.1 Å². The monoisotopic (exact) mass is 498 g/mol. The Morgan fingerprint density at radius 3 is 2.12 bits per heavy atom. The molecule has 34 heavy (non-hydrogen) atoms. The Bertz CT molecular complexity index is 1210. The molecule has 2 amide bonds. The number of benzene rings is 3. The van der Waals surface area contributed by atoms with E-state index in [1.165, 1.54) is 48.5 Å². The highest BCUT2D eigenvalue weighted by Gasteiger charge is 2.40. The molecule has 3 N–H and O–H groups in total. The molecular weight excluding hydrogens is 483 g/mol. The van der Waals surface area contributed by atoms with Crippen molar-refractivity contribution < 1.29 is 36.6 Å². The average Bonchev–Trinajstić information content (AvgIpc) is 2.77. The summed E-state index contributed by atoms with van der Waals surface area (Å²) < 4.78 is 66.8. The smallest absolute Gasteiger partial charge is 0.417 e. The molecule has 0 saturated carbocycles. The van der Waals surface area contributed by atoms with Crippen LogP contribution >= 0.6 is 11.6 Å². The molecule has 0 radical (unpaired) electrons. The number of alkyl halides is 5. The molecule has 0 aliphatic carbocycles. The first-order chi connectivity index (χ1) is 15.9. The van der Waals surface area contributed by atoms with Crippen LogP contribution in [-0.2, 0) is 23.4 Å². The van der Waals surface area contributed by atoms with Crippen molar-refractivity contribution in [1.82, 2.24) is 5.32 Å². The molecule has 0 bridgehead atoms. The number of halogens is 6. The Kier molecular flexibility index (Phi) is 7.11. The van der Waals surface area contributed by atoms with Crippen LogP contribution in [-0.4, -0.2) is 17.1 Å². The number of amides is 2. The van der Waals surface area contributed by atoms with Gasteiger partial charge in [-0.25, -0.2) is 9.59 Å². The number of carbonyl (C=O) groups excluding carboxylic acids is 1. The zero-order chi connectivity index (χ0) is 25.1. The van der Waals surface area contributed by atoms with Gasteiger partial charge in [-0.3, -0.25) is 0 Å². The molecule has 0 saturated heterocycles. The van der Waals surface area contributed by atoms with Crippen molar-refractivity contribution in [2.75, 3.05) is 5.32 Å². The number of hydrogen-bond donors (Lipinski definition) is 3. The van der Waals surface area contributed by atoms with Crippen LogP contribution in [0.2, 0.25) is 5.02 Å². The lowest BCUT2D eigenvalue weighted by molar-refractivity contribution is -0.166. The minimum atomic E-state index is -4.57. The minimum Gasteiger partial charge on any atom is -0.477 e. The Morgan fingerprint density at radius 1 is 0.882 bits per heavy atom. The summed E-state index contributed by atoms with van der Waals surface area (Å²) in [6, 6.07) is 12.7. The summed E-state index contributed by atoms with van der Waals surface area (Å²) in [5.41, 5.74) is -0.867. The number of hydrogen-bond acceptors (Lipinski definition) is 2. The Morgan fingerprint density at radius 2 is 1.53 bits per heavy atom. The molecule has 0 aromatic heterocycles. The van der Waals surface area contributed by atoms with Crippen molar-refractivity contribution in [3.63, 3.8) is 0 Å². The minimum absolute atomic E-state index is 0.00977. The van der Waals surface area contributed by atoms with Crippen LogP contribution in [0.4, 0.5) is 32.4 Å². The van der Waals surface area contributed by atoms with Gasteiger partial charge < -0.3 is 15.7 Å². The molecule has 178 valence electrons. The molecule has 0 fully saturated rings. The first-order valence-electron chi connectivity index (χ1n) is 9.61. The van der Waals surface area contributed by atoms with Gasteiger partial charge in [-0.2, -0.15) is 22.0 Å². The summed E-state index contributed by atoms with van der Waals surface area (Å²) in [4.78, 5) is 22.7. The summed E-state index contributed by atoms with van der Waals surface area (Å²) in [6.07, 6.45) is -4.57. The summed E-state index contributed by atoms with van der Waals surface area (Å²) in [7, 11) is 0. The van der Waals surface area contributed by atoms with Gasteiger partial charge in [0.25, 0.3) is 0 Å². The fourth-order valence-corrected chi connectivity index (χ4v) is 3.37. The van der Waals surface area contributed by atoms with Gasteiger partial charge in [0.15, 0.2) is 0 Å². The summed E-state index contributed by atoms with van der Waals surface area (Å²) in [5, 5.41) is 13.5. The number of carboxylic acid groups (broad SMARTS) is 1. The summed E-state index contributed by atoms with van der Waals surface area (Å²) >= 11 is 6.17. The van der Waals surface area contributed by atoms with E-state index < -0.39 is 35.2 Å².